The Morgan fingerprint density at radius 3 is 2.41 bits per heavy atom. The summed E-state index contributed by atoms with van der Waals surface area (Å²) in [6.45, 7) is 0. The molecule has 0 atom stereocenters. The Bertz CT molecular complexity index is 1210. The molecule has 0 spiro atoms. The second-order valence-electron chi connectivity index (χ2n) is 6.29. The maximum atomic E-state index is 11.5. The highest BCUT2D eigenvalue weighted by Gasteiger charge is 2.13. The van der Waals surface area contributed by atoms with E-state index < -0.39 is 0 Å². The van der Waals surface area contributed by atoms with Gasteiger partial charge in [0.2, 0.25) is 0 Å². The standard InChI is InChI=1S/C22H18N2O4S/c1-26-20-11-16-15-5-3-4-6-18(15)28-19(16)12-17(20)24-22(29)23-14-9-7-13(8-10-14)21(25)27-2/h3-12H,1-2H3,(H2,23,24,29). The van der Waals surface area contributed by atoms with Gasteiger partial charge in [-0.2, -0.15) is 0 Å². The minimum Gasteiger partial charge on any atom is -0.495 e. The first-order chi connectivity index (χ1) is 14.1. The fraction of sp³-hybridized carbons (Fsp3) is 0.0909. The summed E-state index contributed by atoms with van der Waals surface area (Å²) in [6.07, 6.45) is 0. The number of benzene rings is 3. The molecule has 146 valence electrons. The molecule has 4 rings (SSSR count). The van der Waals surface area contributed by atoms with Crippen molar-refractivity contribution < 1.29 is 18.7 Å². The number of carbonyl (C=O) groups excluding carboxylic acids is 1. The zero-order valence-corrected chi connectivity index (χ0v) is 16.6. The van der Waals surface area contributed by atoms with Crippen molar-refractivity contribution >= 4 is 56.6 Å². The molecule has 0 unspecified atom stereocenters. The monoisotopic (exact) mass is 406 g/mol. The number of thiocarbonyl (C=S) groups is 1. The number of anilines is 2. The van der Waals surface area contributed by atoms with Gasteiger partial charge in [-0.15, -0.1) is 0 Å². The summed E-state index contributed by atoms with van der Waals surface area (Å²) in [5.74, 6) is 0.260. The number of hydrogen-bond acceptors (Lipinski definition) is 5. The summed E-state index contributed by atoms with van der Waals surface area (Å²) in [6, 6.07) is 18.5. The van der Waals surface area contributed by atoms with Crippen LogP contribution < -0.4 is 15.4 Å². The summed E-state index contributed by atoms with van der Waals surface area (Å²) >= 11 is 5.42. The Morgan fingerprint density at radius 1 is 0.931 bits per heavy atom. The van der Waals surface area contributed by atoms with E-state index >= 15 is 0 Å². The molecule has 0 saturated heterocycles. The molecule has 0 amide bonds. The van der Waals surface area contributed by atoms with Gasteiger partial charge in [0.1, 0.15) is 16.9 Å². The van der Waals surface area contributed by atoms with Gasteiger partial charge in [0, 0.05) is 22.5 Å². The van der Waals surface area contributed by atoms with Gasteiger partial charge in [-0.25, -0.2) is 4.79 Å². The summed E-state index contributed by atoms with van der Waals surface area (Å²) in [4.78, 5) is 11.5. The van der Waals surface area contributed by atoms with Gasteiger partial charge in [-0.3, -0.25) is 0 Å². The van der Waals surface area contributed by atoms with E-state index in [9.17, 15) is 4.79 Å². The van der Waals surface area contributed by atoms with Crippen LogP contribution in [0.25, 0.3) is 21.9 Å². The molecule has 6 nitrogen and oxygen atoms in total. The fourth-order valence-electron chi connectivity index (χ4n) is 3.11. The van der Waals surface area contributed by atoms with Crippen molar-refractivity contribution in [1.82, 2.24) is 0 Å². The van der Waals surface area contributed by atoms with Crippen LogP contribution in [0, 0.1) is 0 Å². The third kappa shape index (κ3) is 3.72. The van der Waals surface area contributed by atoms with Crippen molar-refractivity contribution in [3.8, 4) is 5.75 Å². The van der Waals surface area contributed by atoms with Gasteiger partial charge < -0.3 is 24.5 Å². The molecule has 0 fully saturated rings. The van der Waals surface area contributed by atoms with Crippen molar-refractivity contribution in [1.29, 1.82) is 0 Å². The maximum Gasteiger partial charge on any atom is 0.337 e. The SMILES string of the molecule is COC(=O)c1ccc(NC(=S)Nc2cc3oc4ccccc4c3cc2OC)cc1. The lowest BCUT2D eigenvalue weighted by atomic mass is 10.1. The molecule has 7 heteroatoms. The van der Waals surface area contributed by atoms with E-state index in [4.69, 9.17) is 26.1 Å². The molecule has 0 radical (unpaired) electrons. The largest absolute Gasteiger partial charge is 0.495 e. The summed E-state index contributed by atoms with van der Waals surface area (Å²) in [5, 5.41) is 8.60. The van der Waals surface area contributed by atoms with Crippen molar-refractivity contribution in [3.63, 3.8) is 0 Å². The van der Waals surface area contributed by atoms with Crippen LogP contribution >= 0.6 is 12.2 Å². The summed E-state index contributed by atoms with van der Waals surface area (Å²) in [7, 11) is 2.95. The third-order valence-corrected chi connectivity index (χ3v) is 4.72. The molecule has 3 aromatic carbocycles. The topological polar surface area (TPSA) is 72.7 Å². The Labute approximate surface area is 172 Å². The van der Waals surface area contributed by atoms with E-state index in [1.165, 1.54) is 7.11 Å². The van der Waals surface area contributed by atoms with Crippen LogP contribution in [0.1, 0.15) is 10.4 Å². The number of ether oxygens (including phenoxy) is 2. The molecule has 0 bridgehead atoms. The Kier molecular flexibility index (Phi) is 5.05. The van der Waals surface area contributed by atoms with Crippen LogP contribution in [0.2, 0.25) is 0 Å². The second-order valence-corrected chi connectivity index (χ2v) is 6.70. The minimum atomic E-state index is -0.388. The first kappa shape index (κ1) is 18.8. The number of carbonyl (C=O) groups is 1. The Morgan fingerprint density at radius 2 is 1.69 bits per heavy atom. The molecular weight excluding hydrogens is 388 g/mol. The van der Waals surface area contributed by atoms with Crippen LogP contribution in [0.4, 0.5) is 11.4 Å². The Hall–Kier alpha value is -3.58. The number of rotatable bonds is 4. The average molecular weight is 406 g/mol. The van der Waals surface area contributed by atoms with E-state index in [1.54, 1.807) is 31.4 Å². The van der Waals surface area contributed by atoms with Crippen molar-refractivity contribution in [3.05, 3.63) is 66.2 Å². The predicted molar refractivity (Wildman–Crippen MR) is 118 cm³/mol. The lowest BCUT2D eigenvalue weighted by Gasteiger charge is -2.14. The zero-order chi connectivity index (χ0) is 20.4. The number of nitrogens with one attached hydrogen (secondary N) is 2. The van der Waals surface area contributed by atoms with Crippen LogP contribution in [-0.2, 0) is 4.74 Å². The molecular formula is C22H18N2O4S. The minimum absolute atomic E-state index is 0.379. The second kappa shape index (κ2) is 7.81. The van der Waals surface area contributed by atoms with Gasteiger partial charge >= 0.3 is 5.97 Å². The van der Waals surface area contributed by atoms with Crippen LogP contribution in [-0.4, -0.2) is 25.3 Å². The molecule has 1 aromatic heterocycles. The third-order valence-electron chi connectivity index (χ3n) is 4.51. The fourth-order valence-corrected chi connectivity index (χ4v) is 3.34. The highest BCUT2D eigenvalue weighted by Crippen LogP contribution is 2.36. The molecule has 0 aliphatic rings. The zero-order valence-electron chi connectivity index (χ0n) is 15.8. The maximum absolute atomic E-state index is 11.5. The molecule has 29 heavy (non-hydrogen) atoms. The van der Waals surface area contributed by atoms with Gasteiger partial charge in [0.25, 0.3) is 0 Å². The number of methoxy groups -OCH3 is 2. The predicted octanol–water partition coefficient (Wildman–Crippen LogP) is 5.19. The lowest BCUT2D eigenvalue weighted by Crippen LogP contribution is -2.19. The van der Waals surface area contributed by atoms with Crippen molar-refractivity contribution in [2.24, 2.45) is 0 Å². The van der Waals surface area contributed by atoms with Crippen LogP contribution in [0.5, 0.6) is 5.75 Å². The highest BCUT2D eigenvalue weighted by molar-refractivity contribution is 7.80. The normalized spacial score (nSPS) is 10.7. The molecule has 0 saturated carbocycles. The van der Waals surface area contributed by atoms with E-state index in [2.05, 4.69) is 10.6 Å². The van der Waals surface area contributed by atoms with Crippen molar-refractivity contribution in [2.75, 3.05) is 24.9 Å². The smallest absolute Gasteiger partial charge is 0.337 e. The molecule has 0 aliphatic heterocycles. The van der Waals surface area contributed by atoms with Crippen molar-refractivity contribution in [2.45, 2.75) is 0 Å². The quantitative estimate of drug-likeness (QED) is 0.357. The number of furan rings is 1. The summed E-state index contributed by atoms with van der Waals surface area (Å²) in [5.41, 5.74) is 3.43. The average Bonchev–Trinajstić information content (AvgIpc) is 3.10. The van der Waals surface area contributed by atoms with E-state index in [1.807, 2.05) is 36.4 Å². The Balaban J connectivity index is 1.57. The molecule has 2 N–H and O–H groups in total. The van der Waals surface area contributed by atoms with Gasteiger partial charge in [-0.05, 0) is 48.6 Å². The first-order valence-corrected chi connectivity index (χ1v) is 9.25. The first-order valence-electron chi connectivity index (χ1n) is 8.84. The van der Waals surface area contributed by atoms with E-state index in [0.29, 0.717) is 22.1 Å². The molecule has 4 aromatic rings. The van der Waals surface area contributed by atoms with Gasteiger partial charge in [0.15, 0.2) is 5.11 Å². The number of fused-ring (bicyclic) bond motifs is 3. The number of para-hydroxylation sites is 1. The number of hydrogen-bond donors (Lipinski definition) is 2. The van der Waals surface area contributed by atoms with Crippen LogP contribution in [0.3, 0.4) is 0 Å². The number of esters is 1. The van der Waals surface area contributed by atoms with E-state index in [-0.39, 0.29) is 5.97 Å². The van der Waals surface area contributed by atoms with Gasteiger partial charge in [0.05, 0.1) is 25.5 Å². The molecule has 0 aliphatic carbocycles. The van der Waals surface area contributed by atoms with E-state index in [0.717, 1.165) is 27.6 Å². The highest BCUT2D eigenvalue weighted by atomic mass is 32.1. The summed E-state index contributed by atoms with van der Waals surface area (Å²) < 4.78 is 16.2. The lowest BCUT2D eigenvalue weighted by molar-refractivity contribution is 0.0601. The van der Waals surface area contributed by atoms with Crippen LogP contribution in [0.15, 0.2) is 65.1 Å². The molecule has 1 heterocycles. The van der Waals surface area contributed by atoms with Gasteiger partial charge in [-0.1, -0.05) is 18.2 Å².